The quantitative estimate of drug-likeness (QED) is 0.710. The standard InChI is InChI=1S/C23H22N2/c1-17-9-8-14-20(15-17)23-24-21(18-10-4-2-5-11-18)16-22(25-23)19-12-6-3-7-13-19/h2-16,21,23-25H,1H3. The molecule has 0 spiro atoms. The highest BCUT2D eigenvalue weighted by Crippen LogP contribution is 2.29. The van der Waals surface area contributed by atoms with Gasteiger partial charge >= 0.3 is 0 Å². The molecule has 2 heteroatoms. The highest BCUT2D eigenvalue weighted by Gasteiger charge is 2.23. The van der Waals surface area contributed by atoms with Crippen LogP contribution in [0.3, 0.4) is 0 Å². The Labute approximate surface area is 149 Å². The van der Waals surface area contributed by atoms with Crippen molar-refractivity contribution in [3.05, 3.63) is 113 Å². The Morgan fingerprint density at radius 2 is 1.40 bits per heavy atom. The summed E-state index contributed by atoms with van der Waals surface area (Å²) in [6.07, 6.45) is 2.35. The fourth-order valence-corrected chi connectivity index (χ4v) is 3.32. The third kappa shape index (κ3) is 3.49. The third-order valence-corrected chi connectivity index (χ3v) is 4.60. The molecule has 0 aliphatic carbocycles. The second-order valence-corrected chi connectivity index (χ2v) is 6.49. The second kappa shape index (κ2) is 6.96. The molecule has 0 aromatic heterocycles. The summed E-state index contributed by atoms with van der Waals surface area (Å²) in [6, 6.07) is 30.0. The van der Waals surface area contributed by atoms with Crippen LogP contribution < -0.4 is 10.6 Å². The molecule has 0 saturated carbocycles. The number of hydrogen-bond donors (Lipinski definition) is 2. The summed E-state index contributed by atoms with van der Waals surface area (Å²) in [6.45, 7) is 2.13. The summed E-state index contributed by atoms with van der Waals surface area (Å²) in [5, 5.41) is 7.39. The van der Waals surface area contributed by atoms with Gasteiger partial charge in [-0.05, 0) is 29.7 Å². The molecule has 0 fully saturated rings. The molecule has 3 aromatic carbocycles. The zero-order chi connectivity index (χ0) is 17.1. The van der Waals surface area contributed by atoms with Gasteiger partial charge in [0, 0.05) is 5.70 Å². The number of hydrogen-bond acceptors (Lipinski definition) is 2. The Balaban J connectivity index is 1.73. The Morgan fingerprint density at radius 1 is 0.720 bits per heavy atom. The van der Waals surface area contributed by atoms with Crippen LogP contribution in [-0.2, 0) is 0 Å². The van der Waals surface area contributed by atoms with Crippen molar-refractivity contribution in [1.82, 2.24) is 10.6 Å². The number of aryl methyl sites for hydroxylation is 1. The third-order valence-electron chi connectivity index (χ3n) is 4.60. The normalized spacial score (nSPS) is 19.8. The first-order chi connectivity index (χ1) is 12.3. The maximum atomic E-state index is 3.73. The van der Waals surface area contributed by atoms with E-state index < -0.39 is 0 Å². The molecule has 2 N–H and O–H groups in total. The van der Waals surface area contributed by atoms with E-state index >= 15 is 0 Å². The van der Waals surface area contributed by atoms with Gasteiger partial charge in [-0.15, -0.1) is 0 Å². The van der Waals surface area contributed by atoms with Crippen molar-refractivity contribution < 1.29 is 0 Å². The lowest BCUT2D eigenvalue weighted by atomic mass is 9.98. The molecule has 2 nitrogen and oxygen atoms in total. The van der Waals surface area contributed by atoms with E-state index in [0.29, 0.717) is 0 Å². The lowest BCUT2D eigenvalue weighted by Gasteiger charge is -2.33. The van der Waals surface area contributed by atoms with Crippen LogP contribution in [0.5, 0.6) is 0 Å². The van der Waals surface area contributed by atoms with Crippen LogP contribution in [0.15, 0.2) is 91.0 Å². The Hall–Kier alpha value is -2.84. The highest BCUT2D eigenvalue weighted by atomic mass is 15.2. The zero-order valence-corrected chi connectivity index (χ0v) is 14.3. The van der Waals surface area contributed by atoms with E-state index in [9.17, 15) is 0 Å². The molecule has 0 radical (unpaired) electrons. The van der Waals surface area contributed by atoms with Gasteiger partial charge < -0.3 is 5.32 Å². The van der Waals surface area contributed by atoms with Crippen molar-refractivity contribution in [1.29, 1.82) is 0 Å². The van der Waals surface area contributed by atoms with Crippen molar-refractivity contribution >= 4 is 5.70 Å². The highest BCUT2D eigenvalue weighted by molar-refractivity contribution is 5.66. The summed E-state index contributed by atoms with van der Waals surface area (Å²) in [7, 11) is 0. The molecule has 0 saturated heterocycles. The van der Waals surface area contributed by atoms with Crippen molar-refractivity contribution in [2.75, 3.05) is 0 Å². The van der Waals surface area contributed by atoms with Gasteiger partial charge in [-0.25, -0.2) is 0 Å². The van der Waals surface area contributed by atoms with Gasteiger partial charge in [0.25, 0.3) is 0 Å². The number of rotatable bonds is 3. The molecular formula is C23H22N2. The SMILES string of the molecule is Cc1cccc(C2NC(c3ccccc3)=CC(c3ccccc3)N2)c1. The van der Waals surface area contributed by atoms with Crippen LogP contribution in [0.1, 0.15) is 34.5 Å². The van der Waals surface area contributed by atoms with Crippen LogP contribution in [0, 0.1) is 6.92 Å². The van der Waals surface area contributed by atoms with Gasteiger partial charge in [0.15, 0.2) is 0 Å². The molecule has 25 heavy (non-hydrogen) atoms. The molecule has 0 amide bonds. The zero-order valence-electron chi connectivity index (χ0n) is 14.3. The fourth-order valence-electron chi connectivity index (χ4n) is 3.32. The Morgan fingerprint density at radius 3 is 2.12 bits per heavy atom. The molecule has 2 unspecified atom stereocenters. The van der Waals surface area contributed by atoms with Gasteiger partial charge in [-0.2, -0.15) is 0 Å². The number of benzene rings is 3. The summed E-state index contributed by atoms with van der Waals surface area (Å²) in [5.41, 5.74) is 6.17. The molecule has 1 aliphatic heterocycles. The molecule has 1 heterocycles. The molecule has 3 aromatic rings. The Kier molecular flexibility index (Phi) is 4.36. The first-order valence-corrected chi connectivity index (χ1v) is 8.71. The van der Waals surface area contributed by atoms with Crippen LogP contribution in [0.4, 0.5) is 0 Å². The van der Waals surface area contributed by atoms with E-state index in [0.717, 1.165) is 0 Å². The van der Waals surface area contributed by atoms with Gasteiger partial charge in [0.05, 0.1) is 6.04 Å². The van der Waals surface area contributed by atoms with Crippen molar-refractivity contribution in [3.8, 4) is 0 Å². The van der Waals surface area contributed by atoms with Gasteiger partial charge in [0.2, 0.25) is 0 Å². The minimum atomic E-state index is 0.0744. The molecule has 4 rings (SSSR count). The summed E-state index contributed by atoms with van der Waals surface area (Å²) in [5.74, 6) is 0. The van der Waals surface area contributed by atoms with Crippen LogP contribution in [0.25, 0.3) is 5.70 Å². The average Bonchev–Trinajstić information content (AvgIpc) is 2.69. The fraction of sp³-hybridized carbons (Fsp3) is 0.130. The van der Waals surface area contributed by atoms with Crippen LogP contribution >= 0.6 is 0 Å². The summed E-state index contributed by atoms with van der Waals surface area (Å²) in [4.78, 5) is 0. The monoisotopic (exact) mass is 326 g/mol. The van der Waals surface area contributed by atoms with E-state index in [2.05, 4.69) is 109 Å². The smallest absolute Gasteiger partial charge is 0.104 e. The van der Waals surface area contributed by atoms with E-state index in [1.54, 1.807) is 0 Å². The molecule has 1 aliphatic rings. The first kappa shape index (κ1) is 15.7. The van der Waals surface area contributed by atoms with Gasteiger partial charge in [-0.1, -0.05) is 90.5 Å². The molecule has 124 valence electrons. The lowest BCUT2D eigenvalue weighted by molar-refractivity contribution is 0.442. The first-order valence-electron chi connectivity index (χ1n) is 8.71. The van der Waals surface area contributed by atoms with Crippen molar-refractivity contribution in [2.45, 2.75) is 19.1 Å². The topological polar surface area (TPSA) is 24.1 Å². The van der Waals surface area contributed by atoms with Gasteiger partial charge in [-0.3, -0.25) is 5.32 Å². The van der Waals surface area contributed by atoms with E-state index in [1.165, 1.54) is 28.0 Å². The predicted molar refractivity (Wildman–Crippen MR) is 104 cm³/mol. The maximum Gasteiger partial charge on any atom is 0.104 e. The summed E-state index contributed by atoms with van der Waals surface area (Å²) < 4.78 is 0. The van der Waals surface area contributed by atoms with Crippen molar-refractivity contribution in [2.24, 2.45) is 0 Å². The van der Waals surface area contributed by atoms with E-state index in [1.807, 2.05) is 0 Å². The van der Waals surface area contributed by atoms with Gasteiger partial charge in [0.1, 0.15) is 6.17 Å². The minimum absolute atomic E-state index is 0.0744. The number of nitrogens with one attached hydrogen (secondary N) is 2. The largest absolute Gasteiger partial charge is 0.366 e. The average molecular weight is 326 g/mol. The molecule has 2 atom stereocenters. The van der Waals surface area contributed by atoms with E-state index in [4.69, 9.17) is 0 Å². The molecule has 0 bridgehead atoms. The van der Waals surface area contributed by atoms with Crippen LogP contribution in [-0.4, -0.2) is 0 Å². The Bertz CT molecular complexity index is 869. The summed E-state index contributed by atoms with van der Waals surface area (Å²) >= 11 is 0. The molecular weight excluding hydrogens is 304 g/mol. The predicted octanol–water partition coefficient (Wildman–Crippen LogP) is 4.97. The lowest BCUT2D eigenvalue weighted by Crippen LogP contribution is -2.39. The minimum Gasteiger partial charge on any atom is -0.366 e. The van der Waals surface area contributed by atoms with Crippen molar-refractivity contribution in [3.63, 3.8) is 0 Å². The second-order valence-electron chi connectivity index (χ2n) is 6.49. The maximum absolute atomic E-state index is 3.73. The van der Waals surface area contributed by atoms with Crippen LogP contribution in [0.2, 0.25) is 0 Å². The van der Waals surface area contributed by atoms with E-state index in [-0.39, 0.29) is 12.2 Å².